The van der Waals surface area contributed by atoms with Gasteiger partial charge in [-0.1, -0.05) is 12.1 Å². The Balaban J connectivity index is 1.54. The van der Waals surface area contributed by atoms with Crippen LogP contribution in [0.25, 0.3) is 0 Å². The SMILES string of the molecule is CCOC(=O)C1CCN(C(=O)CN(C)C(=O)C2CC(=O)N(c3cccc(C)c3C)C2)CC1. The Labute approximate surface area is 189 Å². The summed E-state index contributed by atoms with van der Waals surface area (Å²) in [5, 5.41) is 0. The molecular weight excluding hydrogens is 410 g/mol. The smallest absolute Gasteiger partial charge is 0.309 e. The predicted octanol–water partition coefficient (Wildman–Crippen LogP) is 1.92. The molecule has 0 aromatic heterocycles. The zero-order chi connectivity index (χ0) is 23.4. The number of likely N-dealkylation sites (N-methyl/N-ethyl adjacent to an activating group) is 1. The number of carbonyl (C=O) groups excluding carboxylic acids is 4. The fourth-order valence-corrected chi connectivity index (χ4v) is 4.45. The molecule has 1 atom stereocenters. The van der Waals surface area contributed by atoms with E-state index in [4.69, 9.17) is 4.74 Å². The van der Waals surface area contributed by atoms with E-state index in [1.807, 2.05) is 32.0 Å². The summed E-state index contributed by atoms with van der Waals surface area (Å²) in [6.07, 6.45) is 1.30. The fraction of sp³-hybridized carbons (Fsp3) is 0.583. The normalized spacial score (nSPS) is 19.2. The summed E-state index contributed by atoms with van der Waals surface area (Å²) in [5.74, 6) is -1.24. The van der Waals surface area contributed by atoms with Gasteiger partial charge < -0.3 is 19.4 Å². The maximum absolute atomic E-state index is 13.0. The first-order valence-corrected chi connectivity index (χ1v) is 11.3. The number of likely N-dealkylation sites (tertiary alicyclic amines) is 1. The molecule has 1 aromatic carbocycles. The van der Waals surface area contributed by atoms with Crippen LogP contribution in [0.3, 0.4) is 0 Å². The van der Waals surface area contributed by atoms with E-state index in [-0.39, 0.29) is 42.6 Å². The molecule has 2 fully saturated rings. The molecule has 3 rings (SSSR count). The van der Waals surface area contributed by atoms with Gasteiger partial charge in [-0.25, -0.2) is 0 Å². The van der Waals surface area contributed by atoms with Crippen LogP contribution >= 0.6 is 0 Å². The Kier molecular flexibility index (Phi) is 7.53. The summed E-state index contributed by atoms with van der Waals surface area (Å²) >= 11 is 0. The van der Waals surface area contributed by atoms with E-state index in [1.54, 1.807) is 23.8 Å². The van der Waals surface area contributed by atoms with Crippen molar-refractivity contribution in [2.45, 2.75) is 40.0 Å². The number of ether oxygens (including phenoxy) is 1. The number of esters is 1. The number of nitrogens with zero attached hydrogens (tertiary/aromatic N) is 3. The van der Waals surface area contributed by atoms with Crippen molar-refractivity contribution in [1.82, 2.24) is 9.80 Å². The molecule has 1 aromatic rings. The molecule has 3 amide bonds. The second-order valence-electron chi connectivity index (χ2n) is 8.73. The minimum Gasteiger partial charge on any atom is -0.466 e. The van der Waals surface area contributed by atoms with Crippen molar-refractivity contribution in [2.24, 2.45) is 11.8 Å². The summed E-state index contributed by atoms with van der Waals surface area (Å²) in [6, 6.07) is 5.81. The molecule has 2 aliphatic rings. The van der Waals surface area contributed by atoms with Gasteiger partial charge in [-0.2, -0.15) is 0 Å². The molecule has 174 valence electrons. The lowest BCUT2D eigenvalue weighted by molar-refractivity contribution is -0.151. The van der Waals surface area contributed by atoms with Crippen molar-refractivity contribution in [3.05, 3.63) is 29.3 Å². The first kappa shape index (κ1) is 23.8. The number of hydrogen-bond acceptors (Lipinski definition) is 5. The van der Waals surface area contributed by atoms with E-state index in [2.05, 4.69) is 0 Å². The number of amides is 3. The third-order valence-electron chi connectivity index (χ3n) is 6.56. The van der Waals surface area contributed by atoms with E-state index < -0.39 is 5.92 Å². The van der Waals surface area contributed by atoms with Crippen molar-refractivity contribution in [3.63, 3.8) is 0 Å². The van der Waals surface area contributed by atoms with Gasteiger partial charge in [-0.3, -0.25) is 19.2 Å². The molecule has 2 saturated heterocycles. The van der Waals surface area contributed by atoms with Crippen molar-refractivity contribution in [3.8, 4) is 0 Å². The quantitative estimate of drug-likeness (QED) is 0.627. The van der Waals surface area contributed by atoms with E-state index in [0.717, 1.165) is 16.8 Å². The summed E-state index contributed by atoms with van der Waals surface area (Å²) in [5.41, 5.74) is 2.97. The third kappa shape index (κ3) is 5.11. The molecule has 0 N–H and O–H groups in total. The molecule has 0 radical (unpaired) electrons. The average Bonchev–Trinajstić information content (AvgIpc) is 3.16. The minimum absolute atomic E-state index is 0.0307. The number of carbonyl (C=O) groups is 4. The fourth-order valence-electron chi connectivity index (χ4n) is 4.45. The van der Waals surface area contributed by atoms with Gasteiger partial charge in [0.05, 0.1) is 25.0 Å². The summed E-state index contributed by atoms with van der Waals surface area (Å²) in [6.45, 7) is 7.36. The maximum Gasteiger partial charge on any atom is 0.309 e. The van der Waals surface area contributed by atoms with Crippen LogP contribution in [0.15, 0.2) is 18.2 Å². The van der Waals surface area contributed by atoms with Crippen molar-refractivity contribution < 1.29 is 23.9 Å². The zero-order valence-corrected chi connectivity index (χ0v) is 19.4. The summed E-state index contributed by atoms with van der Waals surface area (Å²) in [4.78, 5) is 55.0. The highest BCUT2D eigenvalue weighted by molar-refractivity contribution is 6.01. The predicted molar refractivity (Wildman–Crippen MR) is 120 cm³/mol. The Hall–Kier alpha value is -2.90. The van der Waals surface area contributed by atoms with E-state index >= 15 is 0 Å². The molecule has 8 heteroatoms. The molecule has 0 aliphatic carbocycles. The molecule has 32 heavy (non-hydrogen) atoms. The monoisotopic (exact) mass is 443 g/mol. The first-order chi connectivity index (χ1) is 15.2. The average molecular weight is 444 g/mol. The summed E-state index contributed by atoms with van der Waals surface area (Å²) in [7, 11) is 1.61. The van der Waals surface area contributed by atoms with Crippen LogP contribution in [0.2, 0.25) is 0 Å². The Morgan fingerprint density at radius 3 is 2.47 bits per heavy atom. The highest BCUT2D eigenvalue weighted by Gasteiger charge is 2.38. The van der Waals surface area contributed by atoms with Crippen LogP contribution in [0.5, 0.6) is 0 Å². The van der Waals surface area contributed by atoms with Gasteiger partial charge in [0.25, 0.3) is 0 Å². The van der Waals surface area contributed by atoms with Gasteiger partial charge >= 0.3 is 5.97 Å². The van der Waals surface area contributed by atoms with E-state index in [1.165, 1.54) is 4.90 Å². The highest BCUT2D eigenvalue weighted by Crippen LogP contribution is 2.30. The maximum atomic E-state index is 13.0. The lowest BCUT2D eigenvalue weighted by atomic mass is 9.97. The van der Waals surface area contributed by atoms with Crippen molar-refractivity contribution >= 4 is 29.4 Å². The molecule has 0 spiro atoms. The molecule has 0 saturated carbocycles. The van der Waals surface area contributed by atoms with Crippen LogP contribution < -0.4 is 4.90 Å². The molecule has 2 heterocycles. The van der Waals surface area contributed by atoms with Crippen LogP contribution in [0.1, 0.15) is 37.3 Å². The van der Waals surface area contributed by atoms with E-state index in [9.17, 15) is 19.2 Å². The number of hydrogen-bond donors (Lipinski definition) is 0. The third-order valence-corrected chi connectivity index (χ3v) is 6.56. The molecule has 8 nitrogen and oxygen atoms in total. The van der Waals surface area contributed by atoms with Gasteiger partial charge in [0.1, 0.15) is 0 Å². The molecule has 1 unspecified atom stereocenters. The van der Waals surface area contributed by atoms with Gasteiger partial charge in [0.2, 0.25) is 17.7 Å². The number of rotatable bonds is 6. The molecule has 0 bridgehead atoms. The number of piperidine rings is 1. The van der Waals surface area contributed by atoms with Gasteiger partial charge in [0, 0.05) is 38.8 Å². The van der Waals surface area contributed by atoms with Crippen LogP contribution in [0, 0.1) is 25.7 Å². The second kappa shape index (κ2) is 10.1. The Morgan fingerprint density at radius 2 is 1.81 bits per heavy atom. The topological polar surface area (TPSA) is 87.2 Å². The number of anilines is 1. The van der Waals surface area contributed by atoms with Crippen LogP contribution in [0.4, 0.5) is 5.69 Å². The lowest BCUT2D eigenvalue weighted by Gasteiger charge is -2.32. The van der Waals surface area contributed by atoms with Crippen LogP contribution in [-0.4, -0.2) is 73.3 Å². The van der Waals surface area contributed by atoms with Gasteiger partial charge in [0.15, 0.2) is 0 Å². The van der Waals surface area contributed by atoms with Crippen molar-refractivity contribution in [1.29, 1.82) is 0 Å². The number of benzene rings is 1. The minimum atomic E-state index is -0.463. The van der Waals surface area contributed by atoms with Crippen LogP contribution in [-0.2, 0) is 23.9 Å². The Bertz CT molecular complexity index is 892. The standard InChI is InChI=1S/C24H33N3O5/c1-5-32-24(31)18-9-11-26(12-10-18)22(29)15-25(4)23(30)19-13-21(28)27(14-19)20-8-6-7-16(2)17(20)3/h6-8,18-19H,5,9-15H2,1-4H3. The summed E-state index contributed by atoms with van der Waals surface area (Å²) < 4.78 is 5.07. The largest absolute Gasteiger partial charge is 0.466 e. The van der Waals surface area contributed by atoms with Gasteiger partial charge in [-0.15, -0.1) is 0 Å². The first-order valence-electron chi connectivity index (χ1n) is 11.3. The second-order valence-corrected chi connectivity index (χ2v) is 8.73. The van der Waals surface area contributed by atoms with E-state index in [0.29, 0.717) is 39.1 Å². The lowest BCUT2D eigenvalue weighted by Crippen LogP contribution is -2.46. The molecular formula is C24H33N3O5. The highest BCUT2D eigenvalue weighted by atomic mass is 16.5. The molecule has 2 aliphatic heterocycles. The van der Waals surface area contributed by atoms with Crippen molar-refractivity contribution in [2.75, 3.05) is 44.7 Å². The Morgan fingerprint density at radius 1 is 1.12 bits per heavy atom. The number of aryl methyl sites for hydroxylation is 1. The van der Waals surface area contributed by atoms with Gasteiger partial charge in [-0.05, 0) is 50.8 Å². The zero-order valence-electron chi connectivity index (χ0n) is 19.4.